The van der Waals surface area contributed by atoms with Gasteiger partial charge in [0.15, 0.2) is 0 Å². The van der Waals surface area contributed by atoms with Gasteiger partial charge in [0, 0.05) is 16.9 Å². The van der Waals surface area contributed by atoms with Crippen molar-refractivity contribution in [3.05, 3.63) is 72.3 Å². The van der Waals surface area contributed by atoms with Crippen LogP contribution >= 0.6 is 0 Å². The maximum absolute atomic E-state index is 6.18. The second kappa shape index (κ2) is 7.75. The minimum absolute atomic E-state index is 0.728. The van der Waals surface area contributed by atoms with Gasteiger partial charge in [0.25, 0.3) is 0 Å². The number of hydrogen-bond acceptors (Lipinski definition) is 3. The van der Waals surface area contributed by atoms with Crippen molar-refractivity contribution in [1.29, 1.82) is 0 Å². The molecule has 0 unspecified atom stereocenters. The highest BCUT2D eigenvalue weighted by Crippen LogP contribution is 2.33. The summed E-state index contributed by atoms with van der Waals surface area (Å²) in [6.07, 6.45) is 3.27. The number of nitrogen functional groups attached to an aromatic ring is 2. The summed E-state index contributed by atoms with van der Waals surface area (Å²) in [4.78, 5) is 0. The third kappa shape index (κ3) is 4.13. The molecule has 0 atom stereocenters. The van der Waals surface area contributed by atoms with Crippen LogP contribution in [0.25, 0.3) is 11.1 Å². The van der Waals surface area contributed by atoms with Crippen LogP contribution in [0.4, 0.5) is 11.4 Å². The van der Waals surface area contributed by atoms with E-state index in [4.69, 9.17) is 16.2 Å². The number of benzene rings is 3. The Kier molecular flexibility index (Phi) is 5.24. The molecule has 0 fully saturated rings. The Morgan fingerprint density at radius 3 is 2.24 bits per heavy atom. The molecule has 0 aliphatic heterocycles. The number of unbranched alkanes of at least 4 members (excludes halogenated alkanes) is 1. The monoisotopic (exact) mass is 332 g/mol. The molecule has 3 aromatic rings. The van der Waals surface area contributed by atoms with Crippen LogP contribution in [-0.4, -0.2) is 0 Å². The summed E-state index contributed by atoms with van der Waals surface area (Å²) < 4.78 is 5.99. The summed E-state index contributed by atoms with van der Waals surface area (Å²) >= 11 is 0. The first kappa shape index (κ1) is 16.9. The average molecular weight is 332 g/mol. The van der Waals surface area contributed by atoms with Crippen molar-refractivity contribution in [2.45, 2.75) is 26.2 Å². The average Bonchev–Trinajstić information content (AvgIpc) is 2.63. The molecule has 3 rings (SSSR count). The quantitative estimate of drug-likeness (QED) is 0.573. The number of ether oxygens (including phenoxy) is 1. The number of aryl methyl sites for hydroxylation is 1. The lowest BCUT2D eigenvalue weighted by Gasteiger charge is -2.14. The number of hydrogen-bond donors (Lipinski definition) is 2. The van der Waals surface area contributed by atoms with Crippen molar-refractivity contribution in [3.63, 3.8) is 0 Å². The van der Waals surface area contributed by atoms with Gasteiger partial charge in [0.1, 0.15) is 11.5 Å². The fraction of sp³-hybridized carbons (Fsp3) is 0.182. The molecule has 0 amide bonds. The summed E-state index contributed by atoms with van der Waals surface area (Å²) in [5.41, 5.74) is 16.9. The Hall–Kier alpha value is -2.94. The molecule has 3 nitrogen and oxygen atoms in total. The molecule has 0 saturated heterocycles. The maximum atomic E-state index is 6.18. The van der Waals surface area contributed by atoms with E-state index < -0.39 is 0 Å². The highest BCUT2D eigenvalue weighted by molar-refractivity contribution is 5.79. The van der Waals surface area contributed by atoms with Crippen molar-refractivity contribution in [2.75, 3.05) is 11.5 Å². The summed E-state index contributed by atoms with van der Waals surface area (Å²) in [5, 5.41) is 0. The van der Waals surface area contributed by atoms with E-state index in [1.165, 1.54) is 11.1 Å². The third-order valence-corrected chi connectivity index (χ3v) is 4.24. The first-order chi connectivity index (χ1) is 12.2. The zero-order chi connectivity index (χ0) is 17.6. The van der Waals surface area contributed by atoms with Crippen LogP contribution < -0.4 is 16.2 Å². The molecular weight excluding hydrogens is 308 g/mol. The highest BCUT2D eigenvalue weighted by atomic mass is 16.5. The number of nitrogens with two attached hydrogens (primary N) is 2. The molecular formula is C22H24N2O. The van der Waals surface area contributed by atoms with Gasteiger partial charge in [-0.2, -0.15) is 0 Å². The normalized spacial score (nSPS) is 10.6. The van der Waals surface area contributed by atoms with Crippen LogP contribution in [0.3, 0.4) is 0 Å². The lowest BCUT2D eigenvalue weighted by atomic mass is 9.95. The first-order valence-electron chi connectivity index (χ1n) is 8.68. The van der Waals surface area contributed by atoms with Gasteiger partial charge in [-0.15, -0.1) is 0 Å². The van der Waals surface area contributed by atoms with Crippen molar-refractivity contribution in [3.8, 4) is 22.6 Å². The first-order valence-corrected chi connectivity index (χ1v) is 8.68. The van der Waals surface area contributed by atoms with E-state index in [0.717, 1.165) is 47.7 Å². The van der Waals surface area contributed by atoms with Gasteiger partial charge in [-0.25, -0.2) is 0 Å². The van der Waals surface area contributed by atoms with E-state index >= 15 is 0 Å². The lowest BCUT2D eigenvalue weighted by molar-refractivity contribution is 0.482. The summed E-state index contributed by atoms with van der Waals surface area (Å²) in [7, 11) is 0. The van der Waals surface area contributed by atoms with Crippen LogP contribution in [-0.2, 0) is 6.42 Å². The van der Waals surface area contributed by atoms with Gasteiger partial charge < -0.3 is 16.2 Å². The predicted molar refractivity (Wildman–Crippen MR) is 106 cm³/mol. The number of para-hydroxylation sites is 1. The molecule has 0 aromatic heterocycles. The van der Waals surface area contributed by atoms with Crippen molar-refractivity contribution in [1.82, 2.24) is 0 Å². The van der Waals surface area contributed by atoms with Gasteiger partial charge in [-0.3, -0.25) is 0 Å². The van der Waals surface area contributed by atoms with Crippen molar-refractivity contribution < 1.29 is 4.74 Å². The van der Waals surface area contributed by atoms with E-state index in [0.29, 0.717) is 0 Å². The number of rotatable bonds is 6. The van der Waals surface area contributed by atoms with Crippen molar-refractivity contribution in [2.24, 2.45) is 0 Å². The number of anilines is 2. The molecule has 0 saturated carbocycles. The Morgan fingerprint density at radius 1 is 0.800 bits per heavy atom. The zero-order valence-corrected chi connectivity index (χ0v) is 14.5. The molecule has 25 heavy (non-hydrogen) atoms. The van der Waals surface area contributed by atoms with E-state index in [1.54, 1.807) is 0 Å². The fourth-order valence-electron chi connectivity index (χ4n) is 2.88. The molecule has 3 aromatic carbocycles. The van der Waals surface area contributed by atoms with Gasteiger partial charge in [-0.1, -0.05) is 37.6 Å². The topological polar surface area (TPSA) is 61.3 Å². The zero-order valence-electron chi connectivity index (χ0n) is 14.5. The minimum Gasteiger partial charge on any atom is -0.457 e. The van der Waals surface area contributed by atoms with Crippen LogP contribution in [0.5, 0.6) is 11.5 Å². The molecule has 128 valence electrons. The van der Waals surface area contributed by atoms with Crippen LogP contribution in [0.2, 0.25) is 0 Å². The highest BCUT2D eigenvalue weighted by Gasteiger charge is 2.10. The largest absolute Gasteiger partial charge is 0.457 e. The van der Waals surface area contributed by atoms with Gasteiger partial charge in [-0.05, 0) is 66.4 Å². The molecule has 0 radical (unpaired) electrons. The Bertz CT molecular complexity index is 841. The van der Waals surface area contributed by atoms with E-state index in [2.05, 4.69) is 25.1 Å². The third-order valence-electron chi connectivity index (χ3n) is 4.24. The molecule has 4 N–H and O–H groups in total. The van der Waals surface area contributed by atoms with Gasteiger partial charge >= 0.3 is 0 Å². The van der Waals surface area contributed by atoms with E-state index in [-0.39, 0.29) is 0 Å². The van der Waals surface area contributed by atoms with Crippen LogP contribution in [0, 0.1) is 0 Å². The standard InChI is InChI=1S/C22H24N2O/c1-2-3-6-16-15-19(25-18-11-9-17(23)10-12-18)13-14-20(16)21-7-4-5-8-22(21)24/h4-5,7-15H,2-3,6,23-24H2,1H3. The molecule has 0 spiro atoms. The Balaban J connectivity index is 1.94. The molecule has 0 bridgehead atoms. The van der Waals surface area contributed by atoms with Crippen LogP contribution in [0.15, 0.2) is 66.7 Å². The second-order valence-corrected chi connectivity index (χ2v) is 6.18. The Morgan fingerprint density at radius 2 is 1.52 bits per heavy atom. The molecule has 0 heterocycles. The van der Waals surface area contributed by atoms with Gasteiger partial charge in [0.05, 0.1) is 0 Å². The van der Waals surface area contributed by atoms with E-state index in [1.807, 2.05) is 48.5 Å². The fourth-order valence-corrected chi connectivity index (χ4v) is 2.88. The SMILES string of the molecule is CCCCc1cc(Oc2ccc(N)cc2)ccc1-c1ccccc1N. The molecule has 0 aliphatic rings. The van der Waals surface area contributed by atoms with Crippen molar-refractivity contribution >= 4 is 11.4 Å². The summed E-state index contributed by atoms with van der Waals surface area (Å²) in [6.45, 7) is 2.20. The molecule has 0 aliphatic carbocycles. The summed E-state index contributed by atoms with van der Waals surface area (Å²) in [5.74, 6) is 1.61. The van der Waals surface area contributed by atoms with Gasteiger partial charge in [0.2, 0.25) is 0 Å². The lowest BCUT2D eigenvalue weighted by Crippen LogP contribution is -1.96. The Labute approximate surface area is 149 Å². The predicted octanol–water partition coefficient (Wildman–Crippen LogP) is 5.65. The summed E-state index contributed by atoms with van der Waals surface area (Å²) in [6, 6.07) is 21.6. The van der Waals surface area contributed by atoms with E-state index in [9.17, 15) is 0 Å². The second-order valence-electron chi connectivity index (χ2n) is 6.18. The smallest absolute Gasteiger partial charge is 0.127 e. The molecule has 3 heteroatoms. The maximum Gasteiger partial charge on any atom is 0.127 e. The van der Waals surface area contributed by atoms with Crippen LogP contribution in [0.1, 0.15) is 25.3 Å². The minimum atomic E-state index is 0.728.